The minimum absolute atomic E-state index is 0.731. The standard InChI is InChI=1S/C14H15N3/c1-4-10(2)13-15-11(3)16-14(17-13)12-8-6-5-7-9-12/h4-9H,1-3H3. The van der Waals surface area contributed by atoms with E-state index in [2.05, 4.69) is 15.0 Å². The SMILES string of the molecule is CC=C(C)c1nc(C)nc(-c2ccccc2)n1. The Morgan fingerprint density at radius 1 is 1.06 bits per heavy atom. The normalized spacial score (nSPS) is 11.6. The molecule has 3 nitrogen and oxygen atoms in total. The smallest absolute Gasteiger partial charge is 0.163 e. The summed E-state index contributed by atoms with van der Waals surface area (Å²) in [7, 11) is 0. The summed E-state index contributed by atoms with van der Waals surface area (Å²) >= 11 is 0. The van der Waals surface area contributed by atoms with E-state index in [-0.39, 0.29) is 0 Å². The second-order valence-corrected chi connectivity index (χ2v) is 3.87. The van der Waals surface area contributed by atoms with Gasteiger partial charge in [0.05, 0.1) is 0 Å². The van der Waals surface area contributed by atoms with Crippen LogP contribution in [0.1, 0.15) is 25.5 Å². The van der Waals surface area contributed by atoms with Crippen LogP contribution in [0.25, 0.3) is 17.0 Å². The van der Waals surface area contributed by atoms with Gasteiger partial charge in [-0.2, -0.15) is 0 Å². The van der Waals surface area contributed by atoms with Crippen LogP contribution in [0.3, 0.4) is 0 Å². The van der Waals surface area contributed by atoms with Gasteiger partial charge in [0.15, 0.2) is 11.6 Å². The summed E-state index contributed by atoms with van der Waals surface area (Å²) in [5, 5.41) is 0. The zero-order chi connectivity index (χ0) is 12.3. The number of hydrogen-bond acceptors (Lipinski definition) is 3. The summed E-state index contributed by atoms with van der Waals surface area (Å²) in [6.45, 7) is 5.88. The number of benzene rings is 1. The van der Waals surface area contributed by atoms with E-state index in [4.69, 9.17) is 0 Å². The molecule has 0 N–H and O–H groups in total. The minimum atomic E-state index is 0.731. The molecule has 0 aliphatic rings. The van der Waals surface area contributed by atoms with E-state index in [0.717, 1.165) is 28.6 Å². The highest BCUT2D eigenvalue weighted by molar-refractivity contribution is 5.61. The Bertz CT molecular complexity index is 545. The summed E-state index contributed by atoms with van der Waals surface area (Å²) < 4.78 is 0. The minimum Gasteiger partial charge on any atom is -0.214 e. The van der Waals surface area contributed by atoms with Gasteiger partial charge in [-0.3, -0.25) is 0 Å². The van der Waals surface area contributed by atoms with Crippen LogP contribution in [0, 0.1) is 6.92 Å². The van der Waals surface area contributed by atoms with Gasteiger partial charge < -0.3 is 0 Å². The molecule has 0 atom stereocenters. The van der Waals surface area contributed by atoms with E-state index in [0.29, 0.717) is 0 Å². The predicted molar refractivity (Wildman–Crippen MR) is 69.3 cm³/mol. The molecule has 0 saturated heterocycles. The van der Waals surface area contributed by atoms with Crippen LogP contribution in [0.5, 0.6) is 0 Å². The lowest BCUT2D eigenvalue weighted by Gasteiger charge is -2.05. The lowest BCUT2D eigenvalue weighted by Crippen LogP contribution is -2.01. The number of rotatable bonds is 2. The molecule has 2 rings (SSSR count). The van der Waals surface area contributed by atoms with Crippen LogP contribution in [0.15, 0.2) is 36.4 Å². The van der Waals surface area contributed by atoms with Crippen molar-refractivity contribution in [2.45, 2.75) is 20.8 Å². The predicted octanol–water partition coefficient (Wildman–Crippen LogP) is 3.27. The monoisotopic (exact) mass is 225 g/mol. The van der Waals surface area contributed by atoms with Crippen LogP contribution in [-0.2, 0) is 0 Å². The largest absolute Gasteiger partial charge is 0.214 e. The maximum Gasteiger partial charge on any atom is 0.163 e. The molecule has 0 fully saturated rings. The van der Waals surface area contributed by atoms with Gasteiger partial charge in [0.1, 0.15) is 5.82 Å². The molecule has 0 bridgehead atoms. The lowest BCUT2D eigenvalue weighted by molar-refractivity contribution is 0.958. The van der Waals surface area contributed by atoms with E-state index < -0.39 is 0 Å². The van der Waals surface area contributed by atoms with Crippen LogP contribution < -0.4 is 0 Å². The zero-order valence-electron chi connectivity index (χ0n) is 10.3. The van der Waals surface area contributed by atoms with E-state index in [9.17, 15) is 0 Å². The molecule has 0 saturated carbocycles. The average molecular weight is 225 g/mol. The first-order chi connectivity index (χ1) is 8.20. The molecule has 3 heteroatoms. The molecule has 86 valence electrons. The highest BCUT2D eigenvalue weighted by atomic mass is 15.0. The number of aromatic nitrogens is 3. The molecular formula is C14H15N3. The van der Waals surface area contributed by atoms with Crippen LogP contribution >= 0.6 is 0 Å². The number of nitrogens with zero attached hydrogens (tertiary/aromatic N) is 3. The van der Waals surface area contributed by atoms with Crippen molar-refractivity contribution in [2.24, 2.45) is 0 Å². The molecule has 2 aromatic rings. The average Bonchev–Trinajstić information content (AvgIpc) is 2.38. The number of aryl methyl sites for hydroxylation is 1. The molecule has 0 aliphatic heterocycles. The maximum atomic E-state index is 4.48. The van der Waals surface area contributed by atoms with Crippen molar-refractivity contribution in [1.29, 1.82) is 0 Å². The Kier molecular flexibility index (Phi) is 3.28. The van der Waals surface area contributed by atoms with Crippen LogP contribution in [-0.4, -0.2) is 15.0 Å². The highest BCUT2D eigenvalue weighted by Crippen LogP contribution is 2.16. The topological polar surface area (TPSA) is 38.7 Å². The Morgan fingerprint density at radius 2 is 1.76 bits per heavy atom. The third-order valence-corrected chi connectivity index (χ3v) is 2.56. The first kappa shape index (κ1) is 11.5. The van der Waals surface area contributed by atoms with Crippen molar-refractivity contribution >= 4 is 5.57 Å². The van der Waals surface area contributed by atoms with Gasteiger partial charge in [-0.05, 0) is 26.3 Å². The Morgan fingerprint density at radius 3 is 2.41 bits per heavy atom. The molecule has 17 heavy (non-hydrogen) atoms. The van der Waals surface area contributed by atoms with Crippen molar-refractivity contribution < 1.29 is 0 Å². The van der Waals surface area contributed by atoms with E-state index in [1.54, 1.807) is 0 Å². The summed E-state index contributed by atoms with van der Waals surface area (Å²) in [6.07, 6.45) is 2.00. The van der Waals surface area contributed by atoms with E-state index >= 15 is 0 Å². The zero-order valence-corrected chi connectivity index (χ0v) is 10.3. The molecule has 0 amide bonds. The highest BCUT2D eigenvalue weighted by Gasteiger charge is 2.06. The Labute approximate surface area is 101 Å². The third-order valence-electron chi connectivity index (χ3n) is 2.56. The first-order valence-electron chi connectivity index (χ1n) is 5.62. The van der Waals surface area contributed by atoms with Gasteiger partial charge >= 0.3 is 0 Å². The Balaban J connectivity index is 2.53. The van der Waals surface area contributed by atoms with E-state index in [1.165, 1.54) is 0 Å². The van der Waals surface area contributed by atoms with Gasteiger partial charge in [-0.15, -0.1) is 0 Å². The van der Waals surface area contributed by atoms with Crippen LogP contribution in [0.2, 0.25) is 0 Å². The van der Waals surface area contributed by atoms with Gasteiger partial charge in [0.25, 0.3) is 0 Å². The summed E-state index contributed by atoms with van der Waals surface area (Å²) in [6, 6.07) is 9.95. The molecular weight excluding hydrogens is 210 g/mol. The summed E-state index contributed by atoms with van der Waals surface area (Å²) in [4.78, 5) is 13.2. The molecule has 1 aromatic carbocycles. The summed E-state index contributed by atoms with van der Waals surface area (Å²) in [5.74, 6) is 2.23. The van der Waals surface area contributed by atoms with E-state index in [1.807, 2.05) is 57.2 Å². The van der Waals surface area contributed by atoms with Crippen LogP contribution in [0.4, 0.5) is 0 Å². The fraction of sp³-hybridized carbons (Fsp3) is 0.214. The quantitative estimate of drug-likeness (QED) is 0.787. The second kappa shape index (κ2) is 4.87. The maximum absolute atomic E-state index is 4.48. The van der Waals surface area contributed by atoms with Gasteiger partial charge in [-0.25, -0.2) is 15.0 Å². The third kappa shape index (κ3) is 2.56. The fourth-order valence-corrected chi connectivity index (χ4v) is 1.50. The van der Waals surface area contributed by atoms with Gasteiger partial charge in [0.2, 0.25) is 0 Å². The molecule has 1 aromatic heterocycles. The van der Waals surface area contributed by atoms with Crippen molar-refractivity contribution in [2.75, 3.05) is 0 Å². The van der Waals surface area contributed by atoms with Crippen molar-refractivity contribution in [3.05, 3.63) is 48.1 Å². The first-order valence-corrected chi connectivity index (χ1v) is 5.62. The van der Waals surface area contributed by atoms with Gasteiger partial charge in [0, 0.05) is 5.56 Å². The molecule has 0 aliphatic carbocycles. The summed E-state index contributed by atoms with van der Waals surface area (Å²) in [5.41, 5.74) is 2.08. The Hall–Kier alpha value is -2.03. The molecule has 0 unspecified atom stereocenters. The second-order valence-electron chi connectivity index (χ2n) is 3.87. The number of hydrogen-bond donors (Lipinski definition) is 0. The van der Waals surface area contributed by atoms with Crippen molar-refractivity contribution in [3.63, 3.8) is 0 Å². The number of allylic oxidation sites excluding steroid dienone is 2. The molecule has 0 radical (unpaired) electrons. The fourth-order valence-electron chi connectivity index (χ4n) is 1.50. The van der Waals surface area contributed by atoms with Crippen molar-refractivity contribution in [3.8, 4) is 11.4 Å². The molecule has 1 heterocycles. The van der Waals surface area contributed by atoms with Crippen molar-refractivity contribution in [1.82, 2.24) is 15.0 Å². The van der Waals surface area contributed by atoms with Gasteiger partial charge in [-0.1, -0.05) is 36.4 Å². The molecule has 0 spiro atoms. The lowest BCUT2D eigenvalue weighted by atomic mass is 10.2.